The van der Waals surface area contributed by atoms with Gasteiger partial charge in [-0.3, -0.25) is 0 Å². The van der Waals surface area contributed by atoms with Gasteiger partial charge in [-0.1, -0.05) is 44.2 Å². The smallest absolute Gasteiger partial charge is 0.130 e. The summed E-state index contributed by atoms with van der Waals surface area (Å²) in [6.45, 7) is 4.33. The van der Waals surface area contributed by atoms with Crippen LogP contribution < -0.4 is 4.74 Å². The van der Waals surface area contributed by atoms with E-state index in [1.807, 2.05) is 42.5 Å². The van der Waals surface area contributed by atoms with Gasteiger partial charge in [0.1, 0.15) is 11.5 Å². The third-order valence-electron chi connectivity index (χ3n) is 2.82. The topological polar surface area (TPSA) is 9.23 Å². The number of ether oxygens (including phenoxy) is 1. The Hall–Kier alpha value is -1.47. The maximum atomic E-state index is 5.95. The van der Waals surface area contributed by atoms with Crippen molar-refractivity contribution in [1.29, 1.82) is 0 Å². The van der Waals surface area contributed by atoms with Crippen LogP contribution >= 0.6 is 11.6 Å². The molecule has 0 aliphatic carbocycles. The molecule has 0 bridgehead atoms. The Bertz CT molecular complexity index is 520. The number of para-hydroxylation sites is 1. The minimum Gasteiger partial charge on any atom is -0.457 e. The highest BCUT2D eigenvalue weighted by atomic mass is 35.5. The van der Waals surface area contributed by atoms with Crippen molar-refractivity contribution in [3.63, 3.8) is 0 Å². The van der Waals surface area contributed by atoms with Gasteiger partial charge in [0, 0.05) is 5.88 Å². The molecule has 0 amide bonds. The molecular formula is C16H17ClO. The van der Waals surface area contributed by atoms with Crippen molar-refractivity contribution in [3.05, 3.63) is 59.7 Å². The van der Waals surface area contributed by atoms with E-state index in [0.717, 1.165) is 17.1 Å². The Labute approximate surface area is 113 Å². The number of rotatable bonds is 4. The minimum atomic E-state index is 0.442. The van der Waals surface area contributed by atoms with Crippen molar-refractivity contribution in [1.82, 2.24) is 0 Å². The summed E-state index contributed by atoms with van der Waals surface area (Å²) in [4.78, 5) is 0. The molecular weight excluding hydrogens is 244 g/mol. The molecule has 0 aliphatic rings. The van der Waals surface area contributed by atoms with Crippen molar-refractivity contribution < 1.29 is 4.74 Å². The molecule has 0 N–H and O–H groups in total. The first-order chi connectivity index (χ1) is 8.70. The van der Waals surface area contributed by atoms with Gasteiger partial charge in [0.25, 0.3) is 0 Å². The Balaban J connectivity index is 2.28. The lowest BCUT2D eigenvalue weighted by Gasteiger charge is -2.13. The average molecular weight is 261 g/mol. The molecule has 1 nitrogen and oxygen atoms in total. The molecule has 94 valence electrons. The van der Waals surface area contributed by atoms with Crippen LogP contribution in [0.3, 0.4) is 0 Å². The lowest BCUT2D eigenvalue weighted by molar-refractivity contribution is 0.472. The van der Waals surface area contributed by atoms with Gasteiger partial charge in [-0.25, -0.2) is 0 Å². The van der Waals surface area contributed by atoms with Crippen molar-refractivity contribution >= 4 is 11.6 Å². The summed E-state index contributed by atoms with van der Waals surface area (Å²) in [7, 11) is 0. The standard InChI is InChI=1S/C16H17ClO/c1-12(2)15-8-3-4-9-16(15)18-14-7-5-6-13(10-14)11-17/h3-10,12H,11H2,1-2H3. The zero-order chi connectivity index (χ0) is 13.0. The highest BCUT2D eigenvalue weighted by Gasteiger charge is 2.07. The third kappa shape index (κ3) is 3.05. The summed E-state index contributed by atoms with van der Waals surface area (Å²) in [6.07, 6.45) is 0. The van der Waals surface area contributed by atoms with E-state index in [-0.39, 0.29) is 0 Å². The molecule has 0 spiro atoms. The SMILES string of the molecule is CC(C)c1ccccc1Oc1cccc(CCl)c1. The molecule has 0 unspecified atom stereocenters. The van der Waals surface area contributed by atoms with Gasteiger partial charge < -0.3 is 4.74 Å². The number of benzene rings is 2. The van der Waals surface area contributed by atoms with Gasteiger partial charge >= 0.3 is 0 Å². The Morgan fingerprint density at radius 3 is 2.56 bits per heavy atom. The number of hydrogen-bond donors (Lipinski definition) is 0. The average Bonchev–Trinajstić information content (AvgIpc) is 2.39. The first-order valence-corrected chi connectivity index (χ1v) is 6.66. The molecule has 0 aromatic heterocycles. The van der Waals surface area contributed by atoms with Gasteiger partial charge in [0.05, 0.1) is 0 Å². The molecule has 0 aliphatic heterocycles. The Kier molecular flexibility index (Phi) is 4.27. The molecule has 0 saturated heterocycles. The zero-order valence-electron chi connectivity index (χ0n) is 10.7. The highest BCUT2D eigenvalue weighted by Crippen LogP contribution is 2.30. The fraction of sp³-hybridized carbons (Fsp3) is 0.250. The van der Waals surface area contributed by atoms with Gasteiger partial charge in [-0.05, 0) is 35.2 Å². The predicted molar refractivity (Wildman–Crippen MR) is 76.6 cm³/mol. The van der Waals surface area contributed by atoms with Crippen molar-refractivity contribution in [2.75, 3.05) is 0 Å². The minimum absolute atomic E-state index is 0.442. The van der Waals surface area contributed by atoms with Crippen LogP contribution in [-0.2, 0) is 5.88 Å². The fourth-order valence-corrected chi connectivity index (χ4v) is 2.04. The summed E-state index contributed by atoms with van der Waals surface area (Å²) in [6, 6.07) is 16.0. The van der Waals surface area contributed by atoms with E-state index >= 15 is 0 Å². The van der Waals surface area contributed by atoms with Crippen molar-refractivity contribution in [2.24, 2.45) is 0 Å². The second-order valence-corrected chi connectivity index (χ2v) is 4.84. The van der Waals surface area contributed by atoms with Gasteiger partial charge in [-0.15, -0.1) is 11.6 Å². The van der Waals surface area contributed by atoms with Gasteiger partial charge in [-0.2, -0.15) is 0 Å². The Morgan fingerprint density at radius 1 is 1.06 bits per heavy atom. The van der Waals surface area contributed by atoms with Crippen LogP contribution in [0.2, 0.25) is 0 Å². The van der Waals surface area contributed by atoms with Crippen LogP contribution in [0.4, 0.5) is 0 Å². The van der Waals surface area contributed by atoms with Crippen LogP contribution in [-0.4, -0.2) is 0 Å². The monoisotopic (exact) mass is 260 g/mol. The van der Waals surface area contributed by atoms with Crippen molar-refractivity contribution in [3.8, 4) is 11.5 Å². The first kappa shape index (κ1) is 13.0. The number of hydrogen-bond acceptors (Lipinski definition) is 1. The first-order valence-electron chi connectivity index (χ1n) is 6.12. The number of alkyl halides is 1. The molecule has 0 fully saturated rings. The Morgan fingerprint density at radius 2 is 1.83 bits per heavy atom. The molecule has 0 heterocycles. The summed E-state index contributed by atoms with van der Waals surface area (Å²) < 4.78 is 5.95. The second-order valence-electron chi connectivity index (χ2n) is 4.58. The molecule has 0 saturated carbocycles. The van der Waals surface area contributed by atoms with Gasteiger partial charge in [0.2, 0.25) is 0 Å². The van der Waals surface area contributed by atoms with Crippen LogP contribution in [0.15, 0.2) is 48.5 Å². The largest absolute Gasteiger partial charge is 0.457 e. The quantitative estimate of drug-likeness (QED) is 0.674. The van der Waals surface area contributed by atoms with E-state index in [1.54, 1.807) is 0 Å². The van der Waals surface area contributed by atoms with E-state index in [0.29, 0.717) is 11.8 Å². The van der Waals surface area contributed by atoms with Crippen molar-refractivity contribution in [2.45, 2.75) is 25.6 Å². The van der Waals surface area contributed by atoms with E-state index in [2.05, 4.69) is 19.9 Å². The summed E-state index contributed by atoms with van der Waals surface area (Å²) >= 11 is 5.83. The van der Waals surface area contributed by atoms with Crippen LogP contribution in [0.1, 0.15) is 30.9 Å². The normalized spacial score (nSPS) is 10.7. The maximum Gasteiger partial charge on any atom is 0.130 e. The summed E-state index contributed by atoms with van der Waals surface area (Å²) in [5.74, 6) is 2.70. The molecule has 2 aromatic rings. The molecule has 2 rings (SSSR count). The zero-order valence-corrected chi connectivity index (χ0v) is 11.4. The summed E-state index contributed by atoms with van der Waals surface area (Å²) in [5, 5.41) is 0. The fourth-order valence-electron chi connectivity index (χ4n) is 1.87. The highest BCUT2D eigenvalue weighted by molar-refractivity contribution is 6.17. The third-order valence-corrected chi connectivity index (χ3v) is 3.13. The molecule has 2 heteroatoms. The van der Waals surface area contributed by atoms with E-state index in [4.69, 9.17) is 16.3 Å². The second kappa shape index (κ2) is 5.92. The van der Waals surface area contributed by atoms with Gasteiger partial charge in [0.15, 0.2) is 0 Å². The lowest BCUT2D eigenvalue weighted by Crippen LogP contribution is -1.93. The van der Waals surface area contributed by atoms with Crippen LogP contribution in [0, 0.1) is 0 Å². The van der Waals surface area contributed by atoms with E-state index < -0.39 is 0 Å². The summed E-state index contributed by atoms with van der Waals surface area (Å²) in [5.41, 5.74) is 2.28. The molecule has 0 radical (unpaired) electrons. The van der Waals surface area contributed by atoms with Crippen LogP contribution in [0.5, 0.6) is 11.5 Å². The predicted octanol–water partition coefficient (Wildman–Crippen LogP) is 5.34. The maximum absolute atomic E-state index is 5.95. The molecule has 2 aromatic carbocycles. The van der Waals surface area contributed by atoms with E-state index in [9.17, 15) is 0 Å². The number of halogens is 1. The molecule has 18 heavy (non-hydrogen) atoms. The van der Waals surface area contributed by atoms with Crippen LogP contribution in [0.25, 0.3) is 0 Å². The van der Waals surface area contributed by atoms with E-state index in [1.165, 1.54) is 5.56 Å². The lowest BCUT2D eigenvalue weighted by atomic mass is 10.0. The molecule has 0 atom stereocenters.